The Hall–Kier alpha value is -1.10. The third-order valence-corrected chi connectivity index (χ3v) is 7.02. The average Bonchev–Trinajstić information content (AvgIpc) is 3.12. The Morgan fingerprint density at radius 3 is 2.00 bits per heavy atom. The zero-order chi connectivity index (χ0) is 17.2. The summed E-state index contributed by atoms with van der Waals surface area (Å²) in [5.41, 5.74) is 0. The fourth-order valence-corrected chi connectivity index (χ4v) is 5.49. The lowest BCUT2D eigenvalue weighted by Gasteiger charge is -2.38. The molecule has 0 aromatic rings. The molecular weight excluding hydrogens is 314 g/mol. The van der Waals surface area contributed by atoms with E-state index in [1.807, 2.05) is 9.80 Å². The molecule has 0 spiro atoms. The lowest BCUT2D eigenvalue weighted by molar-refractivity contribution is -0.143. The smallest absolute Gasteiger partial charge is 0.239 e. The molecule has 2 amide bonds. The van der Waals surface area contributed by atoms with Crippen LogP contribution >= 0.6 is 0 Å². The van der Waals surface area contributed by atoms with E-state index in [0.29, 0.717) is 31.0 Å². The van der Waals surface area contributed by atoms with Crippen LogP contribution in [0, 0.1) is 11.8 Å². The van der Waals surface area contributed by atoms with Crippen LogP contribution in [0.2, 0.25) is 0 Å². The molecular formula is C20H33N3O2. The summed E-state index contributed by atoms with van der Waals surface area (Å²) in [4.78, 5) is 29.6. The molecule has 2 saturated carbocycles. The molecule has 2 aliphatic carbocycles. The van der Waals surface area contributed by atoms with Gasteiger partial charge in [0.15, 0.2) is 0 Å². The van der Waals surface area contributed by atoms with Gasteiger partial charge in [-0.05, 0) is 38.0 Å². The van der Waals surface area contributed by atoms with Gasteiger partial charge in [-0.25, -0.2) is 0 Å². The van der Waals surface area contributed by atoms with Crippen molar-refractivity contribution in [2.75, 3.05) is 26.2 Å². The number of hydrogen-bond acceptors (Lipinski definition) is 3. The van der Waals surface area contributed by atoms with Gasteiger partial charge in [0.05, 0.1) is 6.04 Å². The number of nitrogens with zero attached hydrogens (tertiary/aromatic N) is 2. The molecule has 3 atom stereocenters. The molecule has 4 fully saturated rings. The number of fused-ring (bicyclic) bond motifs is 1. The number of rotatable bonds is 2. The molecule has 4 rings (SSSR count). The van der Waals surface area contributed by atoms with Crippen LogP contribution in [0.3, 0.4) is 0 Å². The van der Waals surface area contributed by atoms with E-state index in [1.54, 1.807) is 0 Å². The topological polar surface area (TPSA) is 52.7 Å². The summed E-state index contributed by atoms with van der Waals surface area (Å²) in [6, 6.07) is 0.588. The molecule has 0 aromatic heterocycles. The maximum Gasteiger partial charge on any atom is 0.239 e. The molecule has 4 aliphatic rings. The van der Waals surface area contributed by atoms with Crippen molar-refractivity contribution in [2.24, 2.45) is 11.8 Å². The second-order valence-electron chi connectivity index (χ2n) is 8.59. The van der Waals surface area contributed by atoms with Gasteiger partial charge < -0.3 is 15.1 Å². The third-order valence-electron chi connectivity index (χ3n) is 7.02. The molecule has 2 heterocycles. The summed E-state index contributed by atoms with van der Waals surface area (Å²) in [7, 11) is 0. The lowest BCUT2D eigenvalue weighted by atomic mass is 9.85. The van der Waals surface area contributed by atoms with E-state index >= 15 is 0 Å². The fraction of sp³-hybridized carbons (Fsp3) is 0.900. The van der Waals surface area contributed by atoms with Crippen molar-refractivity contribution in [3.05, 3.63) is 0 Å². The zero-order valence-corrected chi connectivity index (χ0v) is 15.4. The molecule has 25 heavy (non-hydrogen) atoms. The van der Waals surface area contributed by atoms with E-state index < -0.39 is 0 Å². The molecule has 1 N–H and O–H groups in total. The number of carbonyl (C=O) groups excluding carboxylic acids is 2. The van der Waals surface area contributed by atoms with E-state index in [2.05, 4.69) is 5.32 Å². The SMILES string of the molecule is O=C(C1CCCCC1)N1CCN(C(=O)C2CC3CCCCC3N2)CC1. The Kier molecular flexibility index (Phi) is 5.30. The summed E-state index contributed by atoms with van der Waals surface area (Å²) in [6.45, 7) is 2.87. The van der Waals surface area contributed by atoms with E-state index in [1.165, 1.54) is 44.9 Å². The highest BCUT2D eigenvalue weighted by molar-refractivity contribution is 5.83. The Morgan fingerprint density at radius 1 is 0.720 bits per heavy atom. The van der Waals surface area contributed by atoms with Gasteiger partial charge in [-0.3, -0.25) is 9.59 Å². The predicted octanol–water partition coefficient (Wildman–Crippen LogP) is 2.16. The van der Waals surface area contributed by atoms with Crippen LogP contribution in [0.1, 0.15) is 64.2 Å². The summed E-state index contributed by atoms with van der Waals surface area (Å²) in [5.74, 6) is 1.57. The summed E-state index contributed by atoms with van der Waals surface area (Å²) in [6.07, 6.45) is 12.0. The van der Waals surface area contributed by atoms with Crippen molar-refractivity contribution in [3.63, 3.8) is 0 Å². The number of hydrogen-bond donors (Lipinski definition) is 1. The van der Waals surface area contributed by atoms with Gasteiger partial charge in [0.2, 0.25) is 11.8 Å². The highest BCUT2D eigenvalue weighted by Crippen LogP contribution is 2.34. The molecule has 2 aliphatic heterocycles. The molecule has 2 saturated heterocycles. The Labute approximate surface area is 151 Å². The minimum atomic E-state index is 0.0219. The van der Waals surface area contributed by atoms with Gasteiger partial charge in [0, 0.05) is 38.1 Å². The second-order valence-corrected chi connectivity index (χ2v) is 8.59. The van der Waals surface area contributed by atoms with E-state index in [0.717, 1.165) is 32.4 Å². The Bertz CT molecular complexity index is 481. The van der Waals surface area contributed by atoms with E-state index in [4.69, 9.17) is 0 Å². The maximum absolute atomic E-state index is 12.9. The number of carbonyl (C=O) groups is 2. The van der Waals surface area contributed by atoms with E-state index in [-0.39, 0.29) is 17.9 Å². The number of amides is 2. The quantitative estimate of drug-likeness (QED) is 0.833. The highest BCUT2D eigenvalue weighted by atomic mass is 16.2. The molecule has 140 valence electrons. The van der Waals surface area contributed by atoms with Crippen molar-refractivity contribution in [2.45, 2.75) is 76.3 Å². The van der Waals surface area contributed by atoms with Gasteiger partial charge in [0.1, 0.15) is 0 Å². The van der Waals surface area contributed by atoms with Crippen molar-refractivity contribution >= 4 is 11.8 Å². The average molecular weight is 348 g/mol. The van der Waals surface area contributed by atoms with Crippen LogP contribution in [0.25, 0.3) is 0 Å². The monoisotopic (exact) mass is 347 g/mol. The van der Waals surface area contributed by atoms with Crippen LogP contribution < -0.4 is 5.32 Å². The van der Waals surface area contributed by atoms with Crippen molar-refractivity contribution in [1.82, 2.24) is 15.1 Å². The highest BCUT2D eigenvalue weighted by Gasteiger charge is 2.40. The van der Waals surface area contributed by atoms with E-state index in [9.17, 15) is 9.59 Å². The molecule has 0 radical (unpaired) electrons. The van der Waals surface area contributed by atoms with Crippen molar-refractivity contribution in [3.8, 4) is 0 Å². The van der Waals surface area contributed by atoms with Gasteiger partial charge in [-0.15, -0.1) is 0 Å². The summed E-state index contributed by atoms with van der Waals surface area (Å²) < 4.78 is 0. The normalized spacial score (nSPS) is 34.0. The largest absolute Gasteiger partial charge is 0.339 e. The molecule has 0 bridgehead atoms. The van der Waals surface area contributed by atoms with Gasteiger partial charge in [0.25, 0.3) is 0 Å². The van der Waals surface area contributed by atoms with Crippen LogP contribution in [-0.4, -0.2) is 59.9 Å². The first-order valence-electron chi connectivity index (χ1n) is 10.6. The van der Waals surface area contributed by atoms with Gasteiger partial charge in [-0.1, -0.05) is 32.1 Å². The first kappa shape index (κ1) is 17.3. The lowest BCUT2D eigenvalue weighted by Crippen LogP contribution is -2.55. The fourth-order valence-electron chi connectivity index (χ4n) is 5.49. The molecule has 0 aromatic carbocycles. The van der Waals surface area contributed by atoms with Gasteiger partial charge in [-0.2, -0.15) is 0 Å². The van der Waals surface area contributed by atoms with Crippen LogP contribution in [0.5, 0.6) is 0 Å². The maximum atomic E-state index is 12.9. The second kappa shape index (κ2) is 7.65. The third kappa shape index (κ3) is 3.71. The standard InChI is InChI=1S/C20H33N3O2/c24-19(15-6-2-1-3-7-15)22-10-12-23(13-11-22)20(25)18-14-16-8-4-5-9-17(16)21-18/h15-18,21H,1-14H2. The number of piperazine rings is 1. The molecule has 5 nitrogen and oxygen atoms in total. The van der Waals surface area contributed by atoms with Crippen molar-refractivity contribution < 1.29 is 9.59 Å². The molecule has 3 unspecified atom stereocenters. The molecule has 5 heteroatoms. The Balaban J connectivity index is 1.27. The van der Waals surface area contributed by atoms with Crippen molar-refractivity contribution in [1.29, 1.82) is 0 Å². The van der Waals surface area contributed by atoms with Crippen LogP contribution in [0.15, 0.2) is 0 Å². The van der Waals surface area contributed by atoms with Crippen LogP contribution in [-0.2, 0) is 9.59 Å². The predicted molar refractivity (Wildman–Crippen MR) is 97.0 cm³/mol. The minimum Gasteiger partial charge on any atom is -0.339 e. The first-order chi connectivity index (χ1) is 12.2. The minimum absolute atomic E-state index is 0.0219. The number of nitrogens with one attached hydrogen (secondary N) is 1. The Morgan fingerprint density at radius 2 is 1.32 bits per heavy atom. The summed E-state index contributed by atoms with van der Waals surface area (Å²) in [5, 5.41) is 3.60. The first-order valence-corrected chi connectivity index (χ1v) is 10.6. The zero-order valence-electron chi connectivity index (χ0n) is 15.4. The van der Waals surface area contributed by atoms with Crippen LogP contribution in [0.4, 0.5) is 0 Å². The van der Waals surface area contributed by atoms with Gasteiger partial charge >= 0.3 is 0 Å². The summed E-state index contributed by atoms with van der Waals surface area (Å²) >= 11 is 0.